The summed E-state index contributed by atoms with van der Waals surface area (Å²) in [5.41, 5.74) is 3.56. The zero-order chi connectivity index (χ0) is 18.5. The molecule has 2 heterocycles. The standard InChI is InChI=1S/C19H20N4O2S/c1-12-10-13(2)22-17(21-12)18(24)20-9-8-15-11-26-19(23-15)14-4-6-16(25-3)7-5-14/h4-7,10-11H,8-9H2,1-3H3,(H,20,24). The van der Waals surface area contributed by atoms with E-state index in [0.29, 0.717) is 13.0 Å². The Labute approximate surface area is 156 Å². The zero-order valence-electron chi connectivity index (χ0n) is 14.9. The summed E-state index contributed by atoms with van der Waals surface area (Å²) >= 11 is 1.59. The van der Waals surface area contributed by atoms with Gasteiger partial charge in [-0.05, 0) is 44.2 Å². The minimum Gasteiger partial charge on any atom is -0.497 e. The molecule has 0 radical (unpaired) electrons. The molecule has 3 rings (SSSR count). The van der Waals surface area contributed by atoms with Crippen LogP contribution in [0.5, 0.6) is 5.75 Å². The predicted molar refractivity (Wildman–Crippen MR) is 102 cm³/mol. The molecule has 1 aromatic carbocycles. The highest BCUT2D eigenvalue weighted by Crippen LogP contribution is 2.25. The van der Waals surface area contributed by atoms with Crippen molar-refractivity contribution in [3.8, 4) is 16.3 Å². The van der Waals surface area contributed by atoms with E-state index in [1.807, 2.05) is 49.6 Å². The summed E-state index contributed by atoms with van der Waals surface area (Å²) in [6.07, 6.45) is 0.656. The number of aromatic nitrogens is 3. The molecule has 1 N–H and O–H groups in total. The van der Waals surface area contributed by atoms with Crippen LogP contribution in [0.1, 0.15) is 27.7 Å². The van der Waals surface area contributed by atoms with E-state index in [4.69, 9.17) is 4.74 Å². The Hall–Kier alpha value is -2.80. The fourth-order valence-electron chi connectivity index (χ4n) is 2.50. The normalized spacial score (nSPS) is 10.6. The largest absolute Gasteiger partial charge is 0.497 e. The van der Waals surface area contributed by atoms with E-state index < -0.39 is 0 Å². The molecule has 0 aliphatic heterocycles. The van der Waals surface area contributed by atoms with Gasteiger partial charge in [0.25, 0.3) is 5.91 Å². The highest BCUT2D eigenvalue weighted by Gasteiger charge is 2.11. The lowest BCUT2D eigenvalue weighted by atomic mass is 10.2. The van der Waals surface area contributed by atoms with Gasteiger partial charge < -0.3 is 10.1 Å². The maximum Gasteiger partial charge on any atom is 0.289 e. The maximum absolute atomic E-state index is 12.2. The van der Waals surface area contributed by atoms with Crippen LogP contribution < -0.4 is 10.1 Å². The number of ether oxygens (including phenoxy) is 1. The lowest BCUT2D eigenvalue weighted by Gasteiger charge is -2.04. The molecule has 26 heavy (non-hydrogen) atoms. The van der Waals surface area contributed by atoms with Gasteiger partial charge in [0.1, 0.15) is 10.8 Å². The van der Waals surface area contributed by atoms with E-state index in [1.165, 1.54) is 0 Å². The number of hydrogen-bond acceptors (Lipinski definition) is 6. The van der Waals surface area contributed by atoms with Crippen LogP contribution in [-0.4, -0.2) is 34.5 Å². The molecular weight excluding hydrogens is 348 g/mol. The van der Waals surface area contributed by atoms with Gasteiger partial charge in [-0.3, -0.25) is 4.79 Å². The average Bonchev–Trinajstić information content (AvgIpc) is 3.10. The predicted octanol–water partition coefficient (Wildman–Crippen LogP) is 3.20. The highest BCUT2D eigenvalue weighted by molar-refractivity contribution is 7.13. The number of thiazole rings is 1. The van der Waals surface area contributed by atoms with Crippen LogP contribution >= 0.6 is 11.3 Å². The van der Waals surface area contributed by atoms with E-state index >= 15 is 0 Å². The van der Waals surface area contributed by atoms with Crippen molar-refractivity contribution in [1.82, 2.24) is 20.3 Å². The SMILES string of the molecule is COc1ccc(-c2nc(CCNC(=O)c3nc(C)cc(C)n3)cs2)cc1. The molecule has 0 saturated carbocycles. The van der Waals surface area contributed by atoms with E-state index in [0.717, 1.165) is 33.4 Å². The second-order valence-corrected chi connectivity index (χ2v) is 6.71. The van der Waals surface area contributed by atoms with E-state index in [9.17, 15) is 4.79 Å². The van der Waals surface area contributed by atoms with Crippen LogP contribution in [0.2, 0.25) is 0 Å². The van der Waals surface area contributed by atoms with Gasteiger partial charge in [-0.25, -0.2) is 15.0 Å². The van der Waals surface area contributed by atoms with Crippen molar-refractivity contribution in [2.75, 3.05) is 13.7 Å². The molecule has 0 saturated heterocycles. The number of aryl methyl sites for hydroxylation is 2. The number of benzene rings is 1. The molecule has 3 aromatic rings. The Morgan fingerprint density at radius 2 is 1.81 bits per heavy atom. The molecular formula is C19H20N4O2S. The van der Waals surface area contributed by atoms with Gasteiger partial charge in [-0.15, -0.1) is 11.3 Å². The topological polar surface area (TPSA) is 77.0 Å². The number of nitrogens with one attached hydrogen (secondary N) is 1. The van der Waals surface area contributed by atoms with Gasteiger partial charge in [-0.1, -0.05) is 0 Å². The number of carbonyl (C=O) groups is 1. The molecule has 0 unspecified atom stereocenters. The number of rotatable bonds is 6. The fourth-order valence-corrected chi connectivity index (χ4v) is 3.36. The van der Waals surface area contributed by atoms with Crippen molar-refractivity contribution >= 4 is 17.2 Å². The number of hydrogen-bond donors (Lipinski definition) is 1. The van der Waals surface area contributed by atoms with Crippen LogP contribution in [0.4, 0.5) is 0 Å². The molecule has 2 aromatic heterocycles. The monoisotopic (exact) mass is 368 g/mol. The Morgan fingerprint density at radius 1 is 1.12 bits per heavy atom. The summed E-state index contributed by atoms with van der Waals surface area (Å²) in [6.45, 7) is 4.18. The molecule has 0 aliphatic carbocycles. The van der Waals surface area contributed by atoms with E-state index in [2.05, 4.69) is 20.3 Å². The van der Waals surface area contributed by atoms with Gasteiger partial charge in [0, 0.05) is 35.3 Å². The Bertz CT molecular complexity index is 886. The van der Waals surface area contributed by atoms with Crippen molar-refractivity contribution in [3.05, 3.63) is 58.6 Å². The number of methoxy groups -OCH3 is 1. The Balaban J connectivity index is 1.57. The molecule has 6 nitrogen and oxygen atoms in total. The number of amides is 1. The van der Waals surface area contributed by atoms with Crippen molar-refractivity contribution in [3.63, 3.8) is 0 Å². The van der Waals surface area contributed by atoms with Gasteiger partial charge >= 0.3 is 0 Å². The summed E-state index contributed by atoms with van der Waals surface area (Å²) < 4.78 is 5.17. The van der Waals surface area contributed by atoms with Crippen molar-refractivity contribution in [1.29, 1.82) is 0 Å². The van der Waals surface area contributed by atoms with Crippen LogP contribution in [-0.2, 0) is 6.42 Å². The maximum atomic E-state index is 12.2. The smallest absolute Gasteiger partial charge is 0.289 e. The third kappa shape index (κ3) is 4.43. The second kappa shape index (κ2) is 8.05. The van der Waals surface area contributed by atoms with E-state index in [1.54, 1.807) is 18.4 Å². The van der Waals surface area contributed by atoms with Gasteiger partial charge in [0.05, 0.1) is 12.8 Å². The molecule has 0 aliphatic rings. The average molecular weight is 368 g/mol. The van der Waals surface area contributed by atoms with Gasteiger partial charge in [-0.2, -0.15) is 0 Å². The van der Waals surface area contributed by atoms with Crippen LogP contribution in [0.15, 0.2) is 35.7 Å². The number of nitrogens with zero attached hydrogens (tertiary/aromatic N) is 3. The van der Waals surface area contributed by atoms with Crippen LogP contribution in [0.3, 0.4) is 0 Å². The first-order valence-corrected chi connectivity index (χ1v) is 9.12. The summed E-state index contributed by atoms with van der Waals surface area (Å²) in [7, 11) is 1.65. The summed E-state index contributed by atoms with van der Waals surface area (Å²) in [6, 6.07) is 9.65. The molecule has 0 spiro atoms. The Kier molecular flexibility index (Phi) is 5.58. The fraction of sp³-hybridized carbons (Fsp3) is 0.263. The lowest BCUT2D eigenvalue weighted by Crippen LogP contribution is -2.28. The zero-order valence-corrected chi connectivity index (χ0v) is 15.8. The minimum atomic E-state index is -0.262. The quantitative estimate of drug-likeness (QED) is 0.723. The van der Waals surface area contributed by atoms with Crippen molar-refractivity contribution < 1.29 is 9.53 Å². The summed E-state index contributed by atoms with van der Waals surface area (Å²) in [5, 5.41) is 5.81. The first kappa shape index (κ1) is 18.0. The van der Waals surface area contributed by atoms with Crippen molar-refractivity contribution in [2.24, 2.45) is 0 Å². The molecule has 7 heteroatoms. The lowest BCUT2D eigenvalue weighted by molar-refractivity contribution is 0.0943. The van der Waals surface area contributed by atoms with Gasteiger partial charge in [0.15, 0.2) is 0 Å². The Morgan fingerprint density at radius 3 is 2.46 bits per heavy atom. The number of carbonyl (C=O) groups excluding carboxylic acids is 1. The second-order valence-electron chi connectivity index (χ2n) is 5.85. The minimum absolute atomic E-state index is 0.208. The van der Waals surface area contributed by atoms with Crippen LogP contribution in [0, 0.1) is 13.8 Å². The first-order valence-electron chi connectivity index (χ1n) is 8.24. The third-order valence-electron chi connectivity index (χ3n) is 3.74. The first-order chi connectivity index (χ1) is 12.5. The van der Waals surface area contributed by atoms with E-state index in [-0.39, 0.29) is 11.7 Å². The molecule has 0 atom stereocenters. The highest BCUT2D eigenvalue weighted by atomic mass is 32.1. The summed E-state index contributed by atoms with van der Waals surface area (Å²) in [5.74, 6) is 0.768. The third-order valence-corrected chi connectivity index (χ3v) is 4.68. The van der Waals surface area contributed by atoms with Crippen molar-refractivity contribution in [2.45, 2.75) is 20.3 Å². The summed E-state index contributed by atoms with van der Waals surface area (Å²) in [4.78, 5) is 25.1. The molecule has 1 amide bonds. The van der Waals surface area contributed by atoms with Crippen LogP contribution in [0.25, 0.3) is 10.6 Å². The molecule has 0 fully saturated rings. The molecule has 0 bridgehead atoms. The van der Waals surface area contributed by atoms with Gasteiger partial charge in [0.2, 0.25) is 5.82 Å². The molecule has 134 valence electrons.